The quantitative estimate of drug-likeness (QED) is 0.776. The normalized spacial score (nSPS) is 10.4. The highest BCUT2D eigenvalue weighted by Gasteiger charge is 2.06. The van der Waals surface area contributed by atoms with Crippen LogP contribution >= 0.6 is 0 Å². The molecule has 0 atom stereocenters. The van der Waals surface area contributed by atoms with Crippen molar-refractivity contribution >= 4 is 5.95 Å². The Hall–Kier alpha value is -2.55. The van der Waals surface area contributed by atoms with E-state index in [0.717, 1.165) is 23.9 Å². The smallest absolute Gasteiger partial charge is 0.208 e. The summed E-state index contributed by atoms with van der Waals surface area (Å²) in [6.07, 6.45) is 2.04. The predicted octanol–water partition coefficient (Wildman–Crippen LogP) is 3.79. The third-order valence-electron chi connectivity index (χ3n) is 3.15. The van der Waals surface area contributed by atoms with Gasteiger partial charge in [-0.05, 0) is 24.6 Å². The van der Waals surface area contributed by atoms with Gasteiger partial charge in [0, 0.05) is 18.4 Å². The molecule has 0 unspecified atom stereocenters. The van der Waals surface area contributed by atoms with Gasteiger partial charge in [-0.1, -0.05) is 48.5 Å². The standard InChI is InChI=1S/C17H17N3/c1-14-13-20(16-10-6-3-7-11-16)17(19-14)18-12-15-8-4-2-5-9-15/h2-11,13H,12H2,1H3,(H,18,19). The van der Waals surface area contributed by atoms with Crippen molar-refractivity contribution in [3.63, 3.8) is 0 Å². The van der Waals surface area contributed by atoms with E-state index in [2.05, 4.69) is 39.1 Å². The average molecular weight is 263 g/mol. The first-order valence-electron chi connectivity index (χ1n) is 6.72. The molecule has 3 rings (SSSR count). The van der Waals surface area contributed by atoms with E-state index in [9.17, 15) is 0 Å². The summed E-state index contributed by atoms with van der Waals surface area (Å²) in [6.45, 7) is 2.78. The Bertz CT molecular complexity index is 672. The van der Waals surface area contributed by atoms with Crippen LogP contribution in [0.15, 0.2) is 66.9 Å². The van der Waals surface area contributed by atoms with E-state index >= 15 is 0 Å². The van der Waals surface area contributed by atoms with E-state index in [0.29, 0.717) is 0 Å². The number of hydrogen-bond donors (Lipinski definition) is 1. The van der Waals surface area contributed by atoms with Crippen molar-refractivity contribution < 1.29 is 0 Å². The molecule has 0 fully saturated rings. The molecule has 2 aromatic carbocycles. The molecule has 0 spiro atoms. The van der Waals surface area contributed by atoms with E-state index in [4.69, 9.17) is 0 Å². The lowest BCUT2D eigenvalue weighted by molar-refractivity contribution is 1.00. The van der Waals surface area contributed by atoms with E-state index < -0.39 is 0 Å². The number of nitrogens with zero attached hydrogens (tertiary/aromatic N) is 2. The van der Waals surface area contributed by atoms with Crippen LogP contribution in [0.2, 0.25) is 0 Å². The van der Waals surface area contributed by atoms with Gasteiger partial charge in [0.25, 0.3) is 0 Å². The summed E-state index contributed by atoms with van der Waals surface area (Å²) in [5.74, 6) is 0.873. The maximum absolute atomic E-state index is 4.55. The molecular formula is C17H17N3. The average Bonchev–Trinajstić information content (AvgIpc) is 2.88. The zero-order valence-corrected chi connectivity index (χ0v) is 11.5. The monoisotopic (exact) mass is 263 g/mol. The van der Waals surface area contributed by atoms with Crippen LogP contribution in [0.25, 0.3) is 5.69 Å². The van der Waals surface area contributed by atoms with E-state index in [1.54, 1.807) is 0 Å². The van der Waals surface area contributed by atoms with Crippen molar-refractivity contribution in [3.8, 4) is 5.69 Å². The Morgan fingerprint density at radius 3 is 2.30 bits per heavy atom. The van der Waals surface area contributed by atoms with Crippen LogP contribution in [0.3, 0.4) is 0 Å². The minimum atomic E-state index is 0.768. The van der Waals surface area contributed by atoms with Crippen LogP contribution in [0, 0.1) is 6.92 Å². The van der Waals surface area contributed by atoms with E-state index in [-0.39, 0.29) is 0 Å². The summed E-state index contributed by atoms with van der Waals surface area (Å²) in [7, 11) is 0. The number of para-hydroxylation sites is 1. The summed E-state index contributed by atoms with van der Waals surface area (Å²) in [4.78, 5) is 4.55. The van der Waals surface area contributed by atoms with Crippen LogP contribution in [0.5, 0.6) is 0 Å². The minimum Gasteiger partial charge on any atom is -0.351 e. The Morgan fingerprint density at radius 1 is 0.950 bits per heavy atom. The fraction of sp³-hybridized carbons (Fsp3) is 0.118. The molecule has 20 heavy (non-hydrogen) atoms. The van der Waals surface area contributed by atoms with Gasteiger partial charge in [-0.15, -0.1) is 0 Å². The lowest BCUT2D eigenvalue weighted by Crippen LogP contribution is -2.05. The zero-order valence-electron chi connectivity index (χ0n) is 11.5. The van der Waals surface area contributed by atoms with Gasteiger partial charge >= 0.3 is 0 Å². The molecule has 0 amide bonds. The molecule has 0 radical (unpaired) electrons. The topological polar surface area (TPSA) is 29.9 Å². The highest BCUT2D eigenvalue weighted by molar-refractivity contribution is 5.43. The molecule has 100 valence electrons. The minimum absolute atomic E-state index is 0.768. The largest absolute Gasteiger partial charge is 0.351 e. The first-order chi connectivity index (χ1) is 9.83. The number of aryl methyl sites for hydroxylation is 1. The molecule has 0 aliphatic rings. The molecule has 0 bridgehead atoms. The van der Waals surface area contributed by atoms with E-state index in [1.165, 1.54) is 5.56 Å². The second-order valence-corrected chi connectivity index (χ2v) is 4.75. The summed E-state index contributed by atoms with van der Waals surface area (Å²) in [6, 6.07) is 20.6. The molecule has 0 aliphatic heterocycles. The lowest BCUT2D eigenvalue weighted by atomic mass is 10.2. The highest BCUT2D eigenvalue weighted by atomic mass is 15.2. The van der Waals surface area contributed by atoms with Crippen molar-refractivity contribution in [2.24, 2.45) is 0 Å². The van der Waals surface area contributed by atoms with Crippen molar-refractivity contribution in [1.29, 1.82) is 0 Å². The van der Waals surface area contributed by atoms with Gasteiger partial charge in [-0.3, -0.25) is 4.57 Å². The molecule has 0 saturated carbocycles. The SMILES string of the molecule is Cc1cn(-c2ccccc2)c(NCc2ccccc2)n1. The van der Waals surface area contributed by atoms with Gasteiger partial charge in [0.15, 0.2) is 0 Å². The number of anilines is 1. The lowest BCUT2D eigenvalue weighted by Gasteiger charge is -2.09. The van der Waals surface area contributed by atoms with Gasteiger partial charge in [0.1, 0.15) is 0 Å². The maximum atomic E-state index is 4.55. The molecule has 3 heteroatoms. The van der Waals surface area contributed by atoms with Crippen molar-refractivity contribution in [1.82, 2.24) is 9.55 Å². The Morgan fingerprint density at radius 2 is 1.60 bits per heavy atom. The molecular weight excluding hydrogens is 246 g/mol. The van der Waals surface area contributed by atoms with Gasteiger partial charge in [-0.25, -0.2) is 4.98 Å². The number of aromatic nitrogens is 2. The number of imidazole rings is 1. The highest BCUT2D eigenvalue weighted by Crippen LogP contribution is 2.17. The van der Waals surface area contributed by atoms with E-state index in [1.807, 2.05) is 49.5 Å². The number of rotatable bonds is 4. The van der Waals surface area contributed by atoms with Crippen molar-refractivity contribution in [2.75, 3.05) is 5.32 Å². The Balaban J connectivity index is 1.84. The third kappa shape index (κ3) is 2.72. The van der Waals surface area contributed by atoms with Crippen LogP contribution in [0.1, 0.15) is 11.3 Å². The molecule has 3 aromatic rings. The zero-order chi connectivity index (χ0) is 13.8. The third-order valence-corrected chi connectivity index (χ3v) is 3.15. The van der Waals surface area contributed by atoms with Crippen LogP contribution in [-0.2, 0) is 6.54 Å². The number of hydrogen-bond acceptors (Lipinski definition) is 2. The Labute approximate surface area is 118 Å². The molecule has 0 aliphatic carbocycles. The molecule has 1 aromatic heterocycles. The number of nitrogens with one attached hydrogen (secondary N) is 1. The van der Waals surface area contributed by atoms with Crippen LogP contribution < -0.4 is 5.32 Å². The van der Waals surface area contributed by atoms with Crippen LogP contribution in [0.4, 0.5) is 5.95 Å². The van der Waals surface area contributed by atoms with Gasteiger partial charge < -0.3 is 5.32 Å². The van der Waals surface area contributed by atoms with Crippen molar-refractivity contribution in [3.05, 3.63) is 78.1 Å². The number of benzene rings is 2. The molecule has 3 nitrogen and oxygen atoms in total. The van der Waals surface area contributed by atoms with Crippen molar-refractivity contribution in [2.45, 2.75) is 13.5 Å². The molecule has 1 N–H and O–H groups in total. The Kier molecular flexibility index (Phi) is 3.50. The van der Waals surface area contributed by atoms with Gasteiger partial charge in [-0.2, -0.15) is 0 Å². The van der Waals surface area contributed by atoms with Gasteiger partial charge in [0.2, 0.25) is 5.95 Å². The summed E-state index contributed by atoms with van der Waals surface area (Å²) in [5, 5.41) is 3.40. The summed E-state index contributed by atoms with van der Waals surface area (Å²) >= 11 is 0. The summed E-state index contributed by atoms with van der Waals surface area (Å²) < 4.78 is 2.08. The fourth-order valence-corrected chi connectivity index (χ4v) is 2.18. The predicted molar refractivity (Wildman–Crippen MR) is 82.1 cm³/mol. The first kappa shape index (κ1) is 12.5. The fourth-order valence-electron chi connectivity index (χ4n) is 2.18. The second kappa shape index (κ2) is 5.61. The molecule has 0 saturated heterocycles. The molecule has 1 heterocycles. The first-order valence-corrected chi connectivity index (χ1v) is 6.72. The van der Waals surface area contributed by atoms with Crippen LogP contribution in [-0.4, -0.2) is 9.55 Å². The maximum Gasteiger partial charge on any atom is 0.208 e. The van der Waals surface area contributed by atoms with Gasteiger partial charge in [0.05, 0.1) is 5.69 Å². The second-order valence-electron chi connectivity index (χ2n) is 4.75. The summed E-state index contributed by atoms with van der Waals surface area (Å²) in [5.41, 5.74) is 3.36.